The van der Waals surface area contributed by atoms with Crippen molar-refractivity contribution in [3.63, 3.8) is 0 Å². The molecule has 1 atom stereocenters. The van der Waals surface area contributed by atoms with Crippen molar-refractivity contribution in [1.29, 1.82) is 0 Å². The molecule has 1 aromatic carbocycles. The van der Waals surface area contributed by atoms with E-state index in [4.69, 9.17) is 10.5 Å². The van der Waals surface area contributed by atoms with E-state index in [9.17, 15) is 9.59 Å². The van der Waals surface area contributed by atoms with Gasteiger partial charge in [0.05, 0.1) is 13.2 Å². The molecule has 0 saturated heterocycles. The van der Waals surface area contributed by atoms with Gasteiger partial charge < -0.3 is 15.8 Å². The van der Waals surface area contributed by atoms with Gasteiger partial charge in [-0.15, -0.1) is 12.4 Å². The zero-order chi connectivity index (χ0) is 19.1. The summed E-state index contributed by atoms with van der Waals surface area (Å²) in [5.41, 5.74) is 8.25. The van der Waals surface area contributed by atoms with Crippen molar-refractivity contribution in [2.75, 3.05) is 20.3 Å². The summed E-state index contributed by atoms with van der Waals surface area (Å²) in [5.74, 6) is 0.0882. The molecule has 1 heterocycles. The van der Waals surface area contributed by atoms with Crippen LogP contribution in [0.15, 0.2) is 41.2 Å². The van der Waals surface area contributed by atoms with Crippen molar-refractivity contribution in [3.8, 4) is 0 Å². The number of halogens is 1. The Balaban J connectivity index is 0.00000364. The Bertz CT molecular complexity index is 790. The van der Waals surface area contributed by atoms with Gasteiger partial charge in [0.15, 0.2) is 0 Å². The Morgan fingerprint density at radius 1 is 1.19 bits per heavy atom. The third-order valence-corrected chi connectivity index (χ3v) is 4.12. The molecule has 8 heteroatoms. The number of methoxy groups -OCH3 is 1. The van der Waals surface area contributed by atoms with Gasteiger partial charge in [0.25, 0.3) is 11.5 Å². The molecule has 0 spiro atoms. The summed E-state index contributed by atoms with van der Waals surface area (Å²) in [5, 5.41) is 6.83. The zero-order valence-electron chi connectivity index (χ0n) is 15.8. The Morgan fingerprint density at radius 3 is 2.41 bits per heavy atom. The molecule has 2 rings (SSSR count). The highest BCUT2D eigenvalue weighted by molar-refractivity contribution is 5.92. The second-order valence-corrected chi connectivity index (χ2v) is 6.41. The average molecular weight is 395 g/mol. The normalized spacial score (nSPS) is 11.7. The molecular formula is C19H27ClN4O3. The molecule has 0 aliphatic carbocycles. The summed E-state index contributed by atoms with van der Waals surface area (Å²) in [6.07, 6.45) is 0. The monoisotopic (exact) mass is 394 g/mol. The van der Waals surface area contributed by atoms with Crippen LogP contribution in [0, 0.1) is 0 Å². The van der Waals surface area contributed by atoms with E-state index >= 15 is 0 Å². The molecule has 3 N–H and O–H groups in total. The maximum atomic E-state index is 12.3. The summed E-state index contributed by atoms with van der Waals surface area (Å²) in [6, 6.07) is 10.5. The summed E-state index contributed by atoms with van der Waals surface area (Å²) >= 11 is 0. The molecule has 148 valence electrons. The van der Waals surface area contributed by atoms with E-state index in [1.54, 1.807) is 0 Å². The van der Waals surface area contributed by atoms with Crippen molar-refractivity contribution in [1.82, 2.24) is 15.1 Å². The van der Waals surface area contributed by atoms with Crippen LogP contribution in [0.3, 0.4) is 0 Å². The molecule has 7 nitrogen and oxygen atoms in total. The number of ether oxygens (including phenoxy) is 1. The number of aromatic nitrogens is 2. The number of rotatable bonds is 8. The van der Waals surface area contributed by atoms with Crippen LogP contribution in [0.1, 0.15) is 47.4 Å². The molecule has 2 aromatic rings. The molecule has 27 heavy (non-hydrogen) atoms. The summed E-state index contributed by atoms with van der Waals surface area (Å²) < 4.78 is 6.15. The lowest BCUT2D eigenvalue weighted by Crippen LogP contribution is -2.34. The van der Waals surface area contributed by atoms with E-state index < -0.39 is 0 Å². The third kappa shape index (κ3) is 6.46. The number of hydrogen-bond acceptors (Lipinski definition) is 5. The van der Waals surface area contributed by atoms with E-state index in [1.807, 2.05) is 12.1 Å². The van der Waals surface area contributed by atoms with Crippen molar-refractivity contribution in [2.24, 2.45) is 5.73 Å². The van der Waals surface area contributed by atoms with Gasteiger partial charge >= 0.3 is 0 Å². The van der Waals surface area contributed by atoms with Crippen LogP contribution in [0.5, 0.6) is 0 Å². The fourth-order valence-corrected chi connectivity index (χ4v) is 2.45. The van der Waals surface area contributed by atoms with E-state index in [0.29, 0.717) is 12.5 Å². The van der Waals surface area contributed by atoms with Gasteiger partial charge in [-0.25, -0.2) is 4.68 Å². The van der Waals surface area contributed by atoms with Gasteiger partial charge in [-0.05, 0) is 23.1 Å². The van der Waals surface area contributed by atoms with Crippen LogP contribution >= 0.6 is 12.4 Å². The minimum absolute atomic E-state index is 0. The van der Waals surface area contributed by atoms with Crippen molar-refractivity contribution < 1.29 is 9.53 Å². The van der Waals surface area contributed by atoms with Gasteiger partial charge in [-0.3, -0.25) is 9.59 Å². The first kappa shape index (κ1) is 22.8. The zero-order valence-corrected chi connectivity index (χ0v) is 16.7. The highest BCUT2D eigenvalue weighted by Gasteiger charge is 2.12. The number of nitrogens with zero attached hydrogens (tertiary/aromatic N) is 2. The van der Waals surface area contributed by atoms with Crippen molar-refractivity contribution in [2.45, 2.75) is 32.4 Å². The molecular weight excluding hydrogens is 368 g/mol. The average Bonchev–Trinajstić information content (AvgIpc) is 2.65. The van der Waals surface area contributed by atoms with Gasteiger partial charge in [-0.2, -0.15) is 5.10 Å². The molecule has 0 aliphatic rings. The maximum absolute atomic E-state index is 12.3. The van der Waals surface area contributed by atoms with Crippen LogP contribution in [0.2, 0.25) is 0 Å². The number of nitrogens with one attached hydrogen (secondary N) is 1. The third-order valence-electron chi connectivity index (χ3n) is 4.12. The van der Waals surface area contributed by atoms with Crippen LogP contribution in [-0.4, -0.2) is 35.9 Å². The lowest BCUT2D eigenvalue weighted by Gasteiger charge is -2.14. The molecule has 1 aromatic heterocycles. The number of carbonyl (C=O) groups is 1. The fraction of sp³-hybridized carbons (Fsp3) is 0.421. The molecule has 1 amide bonds. The van der Waals surface area contributed by atoms with Gasteiger partial charge in [0, 0.05) is 25.8 Å². The molecule has 0 radical (unpaired) electrons. The fourth-order valence-electron chi connectivity index (χ4n) is 2.45. The Morgan fingerprint density at radius 2 is 1.81 bits per heavy atom. The Kier molecular flexibility index (Phi) is 9.14. The second kappa shape index (κ2) is 10.8. The minimum Gasteiger partial charge on any atom is -0.383 e. The predicted octanol–water partition coefficient (Wildman–Crippen LogP) is 1.86. The molecule has 0 fully saturated rings. The van der Waals surface area contributed by atoms with Gasteiger partial charge in [-0.1, -0.05) is 38.1 Å². The van der Waals surface area contributed by atoms with Crippen molar-refractivity contribution >= 4 is 18.3 Å². The Labute approximate surface area is 165 Å². The highest BCUT2D eigenvalue weighted by atomic mass is 35.5. The number of amides is 1. The smallest absolute Gasteiger partial charge is 0.271 e. The second-order valence-electron chi connectivity index (χ2n) is 6.41. The summed E-state index contributed by atoms with van der Waals surface area (Å²) in [6.45, 7) is 5.18. The van der Waals surface area contributed by atoms with Crippen LogP contribution < -0.4 is 16.6 Å². The number of nitrogens with two attached hydrogens (primary N) is 1. The van der Waals surface area contributed by atoms with Gasteiger partial charge in [0.1, 0.15) is 5.69 Å². The minimum atomic E-state index is -0.370. The highest BCUT2D eigenvalue weighted by Crippen LogP contribution is 2.17. The quantitative estimate of drug-likeness (QED) is 0.712. The first-order valence-corrected chi connectivity index (χ1v) is 8.63. The van der Waals surface area contributed by atoms with E-state index in [2.05, 4.69) is 36.4 Å². The lowest BCUT2D eigenvalue weighted by atomic mass is 9.99. The van der Waals surface area contributed by atoms with Crippen molar-refractivity contribution in [3.05, 3.63) is 63.6 Å². The molecule has 1 unspecified atom stereocenters. The first-order valence-electron chi connectivity index (χ1n) is 8.63. The maximum Gasteiger partial charge on any atom is 0.271 e. The number of carbonyl (C=O) groups excluding carboxylic acids is 1. The summed E-state index contributed by atoms with van der Waals surface area (Å²) in [4.78, 5) is 24.0. The van der Waals surface area contributed by atoms with Crippen LogP contribution in [0.25, 0.3) is 0 Å². The lowest BCUT2D eigenvalue weighted by molar-refractivity contribution is 0.0942. The van der Waals surface area contributed by atoms with Crippen LogP contribution in [-0.2, 0) is 11.3 Å². The SMILES string of the molecule is COCCn1nc(C(=O)NCC(N)c2ccc(C(C)C)cc2)ccc1=O.Cl. The number of benzene rings is 1. The van der Waals surface area contributed by atoms with Gasteiger partial charge in [0.2, 0.25) is 0 Å². The first-order chi connectivity index (χ1) is 12.4. The van der Waals surface area contributed by atoms with E-state index in [-0.39, 0.29) is 48.7 Å². The van der Waals surface area contributed by atoms with E-state index in [0.717, 1.165) is 5.56 Å². The number of hydrogen-bond donors (Lipinski definition) is 2. The summed E-state index contributed by atoms with van der Waals surface area (Å²) in [7, 11) is 1.54. The Hall–Kier alpha value is -2.22. The topological polar surface area (TPSA) is 99.2 Å². The molecule has 0 bridgehead atoms. The molecule has 0 aliphatic heterocycles. The predicted molar refractivity (Wildman–Crippen MR) is 107 cm³/mol. The molecule has 0 saturated carbocycles. The standard InChI is InChI=1S/C19H26N4O3.ClH/c1-13(2)14-4-6-15(7-5-14)16(20)12-21-19(25)17-8-9-18(24)23(22-17)10-11-26-3;/h4-9,13,16H,10-12,20H2,1-3H3,(H,21,25);1H. The largest absolute Gasteiger partial charge is 0.383 e. The van der Waals surface area contributed by atoms with E-state index in [1.165, 1.54) is 29.5 Å². The van der Waals surface area contributed by atoms with Crippen LogP contribution in [0.4, 0.5) is 0 Å².